The molecule has 0 unspecified atom stereocenters. The Bertz CT molecular complexity index is 332. The molecule has 0 aliphatic heterocycles. The topological polar surface area (TPSA) is 46.3 Å². The van der Waals surface area contributed by atoms with Gasteiger partial charge in [0.1, 0.15) is 0 Å². The van der Waals surface area contributed by atoms with Crippen LogP contribution in [0.5, 0.6) is 0 Å². The molecule has 2 N–H and O–H groups in total. The molecule has 3 heteroatoms. The van der Waals surface area contributed by atoms with E-state index in [1.54, 1.807) is 4.90 Å². The van der Waals surface area contributed by atoms with Gasteiger partial charge in [-0.2, -0.15) is 0 Å². The summed E-state index contributed by atoms with van der Waals surface area (Å²) < 4.78 is 0. The number of carbonyl (C=O) groups excluding carboxylic acids is 1. The van der Waals surface area contributed by atoms with Crippen molar-refractivity contribution in [1.29, 1.82) is 0 Å². The summed E-state index contributed by atoms with van der Waals surface area (Å²) in [7, 11) is 1.83. The monoisotopic (exact) mass is 220 g/mol. The summed E-state index contributed by atoms with van der Waals surface area (Å²) in [6.07, 6.45) is 1.84. The van der Waals surface area contributed by atoms with E-state index < -0.39 is 0 Å². The van der Waals surface area contributed by atoms with Crippen LogP contribution in [0.3, 0.4) is 0 Å². The largest absolute Gasteiger partial charge is 0.342 e. The molecule has 1 rings (SSSR count). The SMILES string of the molecule is CCCN(C)C(=O)c1ccc(CCN)cc1. The molecule has 0 atom stereocenters. The Labute approximate surface area is 97.2 Å². The van der Waals surface area contributed by atoms with Crippen LogP contribution in [-0.4, -0.2) is 30.9 Å². The van der Waals surface area contributed by atoms with E-state index in [0.29, 0.717) is 6.54 Å². The summed E-state index contributed by atoms with van der Waals surface area (Å²) >= 11 is 0. The van der Waals surface area contributed by atoms with Gasteiger partial charge >= 0.3 is 0 Å². The highest BCUT2D eigenvalue weighted by Crippen LogP contribution is 2.07. The minimum atomic E-state index is 0.0844. The quantitative estimate of drug-likeness (QED) is 0.820. The molecule has 88 valence electrons. The number of hydrogen-bond donors (Lipinski definition) is 1. The molecule has 1 aromatic rings. The second kappa shape index (κ2) is 6.28. The smallest absolute Gasteiger partial charge is 0.253 e. The Morgan fingerprint density at radius 2 is 1.94 bits per heavy atom. The molecule has 0 aliphatic rings. The van der Waals surface area contributed by atoms with Crippen molar-refractivity contribution in [1.82, 2.24) is 4.90 Å². The lowest BCUT2D eigenvalue weighted by atomic mass is 10.1. The molecule has 0 aliphatic carbocycles. The highest BCUT2D eigenvalue weighted by molar-refractivity contribution is 5.94. The Morgan fingerprint density at radius 3 is 2.44 bits per heavy atom. The van der Waals surface area contributed by atoms with Crippen molar-refractivity contribution in [3.8, 4) is 0 Å². The molecule has 16 heavy (non-hydrogen) atoms. The average molecular weight is 220 g/mol. The first-order valence-corrected chi connectivity index (χ1v) is 5.73. The standard InChI is InChI=1S/C13H20N2O/c1-3-10-15(2)13(16)12-6-4-11(5-7-12)8-9-14/h4-7H,3,8-10,14H2,1-2H3. The van der Waals surface area contributed by atoms with Crippen molar-refractivity contribution in [3.63, 3.8) is 0 Å². The maximum Gasteiger partial charge on any atom is 0.253 e. The van der Waals surface area contributed by atoms with Crippen molar-refractivity contribution in [2.24, 2.45) is 5.73 Å². The van der Waals surface area contributed by atoms with Crippen LogP contribution in [0, 0.1) is 0 Å². The van der Waals surface area contributed by atoms with Gasteiger partial charge in [0.15, 0.2) is 0 Å². The maximum absolute atomic E-state index is 11.9. The molecule has 0 fully saturated rings. The van der Waals surface area contributed by atoms with Crippen LogP contribution in [0.1, 0.15) is 29.3 Å². The molecule has 0 heterocycles. The first-order valence-electron chi connectivity index (χ1n) is 5.73. The van der Waals surface area contributed by atoms with Gasteiger partial charge in [-0.05, 0) is 37.1 Å². The highest BCUT2D eigenvalue weighted by atomic mass is 16.2. The zero-order valence-corrected chi connectivity index (χ0v) is 10.1. The molecule has 1 amide bonds. The molecule has 0 bridgehead atoms. The summed E-state index contributed by atoms with van der Waals surface area (Å²) in [5, 5.41) is 0. The Kier molecular flexibility index (Phi) is 4.99. The third kappa shape index (κ3) is 3.35. The van der Waals surface area contributed by atoms with Crippen LogP contribution in [0.4, 0.5) is 0 Å². The molecule has 3 nitrogen and oxygen atoms in total. The van der Waals surface area contributed by atoms with E-state index in [2.05, 4.69) is 6.92 Å². The van der Waals surface area contributed by atoms with E-state index >= 15 is 0 Å². The minimum absolute atomic E-state index is 0.0844. The number of nitrogens with two attached hydrogens (primary N) is 1. The fourth-order valence-electron chi connectivity index (χ4n) is 1.64. The zero-order chi connectivity index (χ0) is 12.0. The molecule has 0 saturated carbocycles. The molecular weight excluding hydrogens is 200 g/mol. The van der Waals surface area contributed by atoms with Crippen LogP contribution in [0.15, 0.2) is 24.3 Å². The van der Waals surface area contributed by atoms with Gasteiger partial charge in [-0.25, -0.2) is 0 Å². The van der Waals surface area contributed by atoms with E-state index in [1.165, 1.54) is 5.56 Å². The molecule has 0 spiro atoms. The molecule has 0 radical (unpaired) electrons. The van der Waals surface area contributed by atoms with E-state index in [1.807, 2.05) is 31.3 Å². The average Bonchev–Trinajstić information content (AvgIpc) is 2.30. The number of carbonyl (C=O) groups is 1. The first kappa shape index (κ1) is 12.7. The normalized spacial score (nSPS) is 10.2. The van der Waals surface area contributed by atoms with Crippen molar-refractivity contribution >= 4 is 5.91 Å². The summed E-state index contributed by atoms with van der Waals surface area (Å²) in [5.74, 6) is 0.0844. The van der Waals surface area contributed by atoms with E-state index in [4.69, 9.17) is 5.73 Å². The van der Waals surface area contributed by atoms with E-state index in [-0.39, 0.29) is 5.91 Å². The third-order valence-corrected chi connectivity index (χ3v) is 2.54. The number of amides is 1. The molecule has 0 saturated heterocycles. The van der Waals surface area contributed by atoms with Crippen LogP contribution in [0.2, 0.25) is 0 Å². The number of rotatable bonds is 5. The number of hydrogen-bond acceptors (Lipinski definition) is 2. The molecular formula is C13H20N2O. The fourth-order valence-corrected chi connectivity index (χ4v) is 1.64. The molecule has 0 aromatic heterocycles. The van der Waals surface area contributed by atoms with Gasteiger partial charge in [-0.1, -0.05) is 19.1 Å². The van der Waals surface area contributed by atoms with Crippen LogP contribution in [-0.2, 0) is 6.42 Å². The summed E-state index contributed by atoms with van der Waals surface area (Å²) in [6, 6.07) is 7.69. The van der Waals surface area contributed by atoms with Crippen molar-refractivity contribution in [2.45, 2.75) is 19.8 Å². The van der Waals surface area contributed by atoms with Crippen molar-refractivity contribution in [3.05, 3.63) is 35.4 Å². The second-order valence-corrected chi connectivity index (χ2v) is 3.96. The van der Waals surface area contributed by atoms with E-state index in [0.717, 1.165) is 24.9 Å². The highest BCUT2D eigenvalue weighted by Gasteiger charge is 2.09. The lowest BCUT2D eigenvalue weighted by Gasteiger charge is -2.16. The fraction of sp³-hybridized carbons (Fsp3) is 0.462. The third-order valence-electron chi connectivity index (χ3n) is 2.54. The first-order chi connectivity index (χ1) is 7.69. The zero-order valence-electron chi connectivity index (χ0n) is 10.1. The summed E-state index contributed by atoms with van der Waals surface area (Å²) in [5.41, 5.74) is 7.40. The number of nitrogens with zero attached hydrogens (tertiary/aromatic N) is 1. The minimum Gasteiger partial charge on any atom is -0.342 e. The van der Waals surface area contributed by atoms with Gasteiger partial charge in [0.05, 0.1) is 0 Å². The Balaban J connectivity index is 2.69. The van der Waals surface area contributed by atoms with Crippen molar-refractivity contribution < 1.29 is 4.79 Å². The lowest BCUT2D eigenvalue weighted by Crippen LogP contribution is -2.27. The Hall–Kier alpha value is -1.35. The summed E-state index contributed by atoms with van der Waals surface area (Å²) in [4.78, 5) is 13.7. The summed E-state index contributed by atoms with van der Waals surface area (Å²) in [6.45, 7) is 3.50. The van der Waals surface area contributed by atoms with Gasteiger partial charge in [-0.3, -0.25) is 4.79 Å². The van der Waals surface area contributed by atoms with Crippen LogP contribution >= 0.6 is 0 Å². The predicted octanol–water partition coefficient (Wildman–Crippen LogP) is 1.67. The lowest BCUT2D eigenvalue weighted by molar-refractivity contribution is 0.0795. The Morgan fingerprint density at radius 1 is 1.31 bits per heavy atom. The van der Waals surface area contributed by atoms with Crippen LogP contribution < -0.4 is 5.73 Å². The maximum atomic E-state index is 11.9. The van der Waals surface area contributed by atoms with Gasteiger partial charge in [-0.15, -0.1) is 0 Å². The second-order valence-electron chi connectivity index (χ2n) is 3.96. The van der Waals surface area contributed by atoms with Gasteiger partial charge in [0, 0.05) is 19.2 Å². The molecule has 1 aromatic carbocycles. The van der Waals surface area contributed by atoms with Crippen LogP contribution in [0.25, 0.3) is 0 Å². The van der Waals surface area contributed by atoms with Gasteiger partial charge in [0.25, 0.3) is 5.91 Å². The predicted molar refractivity (Wildman–Crippen MR) is 66.5 cm³/mol. The van der Waals surface area contributed by atoms with Gasteiger partial charge in [0.2, 0.25) is 0 Å². The number of benzene rings is 1. The van der Waals surface area contributed by atoms with Gasteiger partial charge < -0.3 is 10.6 Å². The van der Waals surface area contributed by atoms with E-state index in [9.17, 15) is 4.79 Å². The van der Waals surface area contributed by atoms with Crippen molar-refractivity contribution in [2.75, 3.05) is 20.1 Å².